The van der Waals surface area contributed by atoms with Crippen molar-refractivity contribution in [3.8, 4) is 5.69 Å². The normalized spacial score (nSPS) is 20.1. The van der Waals surface area contributed by atoms with E-state index in [0.717, 1.165) is 25.9 Å². The van der Waals surface area contributed by atoms with Crippen molar-refractivity contribution in [1.82, 2.24) is 15.2 Å². The number of β-amino-alcohol motifs (C(OH)–C–C–N with tert-alkyl or cyclic N) is 1. The summed E-state index contributed by atoms with van der Waals surface area (Å²) in [5.74, 6) is 0. The monoisotopic (exact) mass is 349 g/mol. The van der Waals surface area contributed by atoms with E-state index in [-0.39, 0.29) is 0 Å². The fourth-order valence-corrected chi connectivity index (χ4v) is 4.08. The summed E-state index contributed by atoms with van der Waals surface area (Å²) in [4.78, 5) is 0. The molecule has 4 nitrogen and oxygen atoms in total. The summed E-state index contributed by atoms with van der Waals surface area (Å²) in [5.41, 5.74) is 4.54. The Labute approximate surface area is 154 Å². The van der Waals surface area contributed by atoms with Crippen molar-refractivity contribution in [3.63, 3.8) is 0 Å². The van der Waals surface area contributed by atoms with E-state index in [9.17, 15) is 5.11 Å². The SMILES string of the molecule is Cc1c(CCNC[C@@]2(O)CCNC2)c2ccccc2n1-c1ccccc1. The second kappa shape index (κ2) is 7.23. The Balaban J connectivity index is 1.56. The van der Waals surface area contributed by atoms with E-state index < -0.39 is 5.60 Å². The average molecular weight is 349 g/mol. The molecular formula is C22H27N3O. The highest BCUT2D eigenvalue weighted by atomic mass is 16.3. The lowest BCUT2D eigenvalue weighted by molar-refractivity contribution is 0.0615. The first kappa shape index (κ1) is 17.3. The number of rotatable bonds is 6. The maximum absolute atomic E-state index is 10.4. The smallest absolute Gasteiger partial charge is 0.0907 e. The van der Waals surface area contributed by atoms with Gasteiger partial charge in [0.15, 0.2) is 0 Å². The molecule has 0 aliphatic carbocycles. The molecule has 1 aliphatic heterocycles. The molecule has 1 aliphatic rings. The molecule has 2 heterocycles. The minimum Gasteiger partial charge on any atom is -0.387 e. The third-order valence-electron chi connectivity index (χ3n) is 5.48. The van der Waals surface area contributed by atoms with Crippen molar-refractivity contribution in [1.29, 1.82) is 0 Å². The summed E-state index contributed by atoms with van der Waals surface area (Å²) in [6.45, 7) is 5.31. The summed E-state index contributed by atoms with van der Waals surface area (Å²) in [7, 11) is 0. The van der Waals surface area contributed by atoms with E-state index >= 15 is 0 Å². The molecular weight excluding hydrogens is 322 g/mol. The zero-order valence-corrected chi connectivity index (χ0v) is 15.3. The van der Waals surface area contributed by atoms with Gasteiger partial charge in [0.05, 0.1) is 11.1 Å². The minimum absolute atomic E-state index is 0.590. The molecule has 26 heavy (non-hydrogen) atoms. The van der Waals surface area contributed by atoms with Gasteiger partial charge in [-0.3, -0.25) is 0 Å². The fourth-order valence-electron chi connectivity index (χ4n) is 4.08. The Kier molecular flexibility index (Phi) is 4.81. The van der Waals surface area contributed by atoms with Crippen LogP contribution in [0.4, 0.5) is 0 Å². The van der Waals surface area contributed by atoms with Gasteiger partial charge in [0.2, 0.25) is 0 Å². The van der Waals surface area contributed by atoms with Gasteiger partial charge < -0.3 is 20.3 Å². The molecule has 0 saturated carbocycles. The molecule has 0 spiro atoms. The predicted octanol–water partition coefficient (Wildman–Crippen LogP) is 2.80. The number of hydrogen-bond acceptors (Lipinski definition) is 3. The number of para-hydroxylation sites is 2. The van der Waals surface area contributed by atoms with Gasteiger partial charge in [0.1, 0.15) is 0 Å². The summed E-state index contributed by atoms with van der Waals surface area (Å²) >= 11 is 0. The van der Waals surface area contributed by atoms with Crippen LogP contribution in [0.15, 0.2) is 54.6 Å². The lowest BCUT2D eigenvalue weighted by Gasteiger charge is -2.21. The van der Waals surface area contributed by atoms with Gasteiger partial charge in [0, 0.05) is 29.9 Å². The zero-order valence-electron chi connectivity index (χ0n) is 15.3. The molecule has 4 heteroatoms. The second-order valence-electron chi connectivity index (χ2n) is 7.33. The Morgan fingerprint density at radius 2 is 1.88 bits per heavy atom. The third kappa shape index (κ3) is 3.28. The molecule has 0 unspecified atom stereocenters. The van der Waals surface area contributed by atoms with Crippen LogP contribution in [0.25, 0.3) is 16.6 Å². The first-order valence-corrected chi connectivity index (χ1v) is 9.46. The van der Waals surface area contributed by atoms with Gasteiger partial charge in [-0.2, -0.15) is 0 Å². The number of hydrogen-bond donors (Lipinski definition) is 3. The van der Waals surface area contributed by atoms with E-state index in [2.05, 4.69) is 76.7 Å². The molecule has 2 aromatic carbocycles. The van der Waals surface area contributed by atoms with Gasteiger partial charge in [-0.25, -0.2) is 0 Å². The Morgan fingerprint density at radius 1 is 1.12 bits per heavy atom. The third-order valence-corrected chi connectivity index (χ3v) is 5.48. The predicted molar refractivity (Wildman–Crippen MR) is 107 cm³/mol. The standard InChI is InChI=1S/C22H27N3O/c1-17-19(11-13-23-15-22(26)12-14-24-16-22)20-9-5-6-10-21(20)25(17)18-7-3-2-4-8-18/h2-10,23-24,26H,11-16H2,1H3/t22-/m0/s1. The van der Waals surface area contributed by atoms with Crippen LogP contribution < -0.4 is 10.6 Å². The minimum atomic E-state index is -0.590. The molecule has 4 rings (SSSR count). The number of fused-ring (bicyclic) bond motifs is 1. The van der Waals surface area contributed by atoms with Gasteiger partial charge in [-0.1, -0.05) is 36.4 Å². The average Bonchev–Trinajstić information content (AvgIpc) is 3.21. The van der Waals surface area contributed by atoms with Crippen LogP contribution in [0.2, 0.25) is 0 Å². The van der Waals surface area contributed by atoms with Crippen LogP contribution in [0.3, 0.4) is 0 Å². The van der Waals surface area contributed by atoms with Crippen molar-refractivity contribution >= 4 is 10.9 Å². The van der Waals surface area contributed by atoms with Crippen LogP contribution in [-0.2, 0) is 6.42 Å². The zero-order chi connectivity index (χ0) is 18.0. The van der Waals surface area contributed by atoms with Crippen LogP contribution in [0.5, 0.6) is 0 Å². The van der Waals surface area contributed by atoms with E-state index in [1.54, 1.807) is 0 Å². The van der Waals surface area contributed by atoms with Crippen molar-refractivity contribution in [2.45, 2.75) is 25.4 Å². The number of benzene rings is 2. The van der Waals surface area contributed by atoms with E-state index in [1.807, 2.05) is 0 Å². The summed E-state index contributed by atoms with van der Waals surface area (Å²) in [6, 6.07) is 19.2. The number of aliphatic hydroxyl groups is 1. The summed E-state index contributed by atoms with van der Waals surface area (Å²) < 4.78 is 2.35. The van der Waals surface area contributed by atoms with E-state index in [0.29, 0.717) is 13.1 Å². The van der Waals surface area contributed by atoms with Crippen LogP contribution in [0, 0.1) is 6.92 Å². The highest BCUT2D eigenvalue weighted by molar-refractivity contribution is 5.87. The number of aromatic nitrogens is 1. The molecule has 1 saturated heterocycles. The highest BCUT2D eigenvalue weighted by Crippen LogP contribution is 2.29. The van der Waals surface area contributed by atoms with Crippen molar-refractivity contribution in [3.05, 3.63) is 65.9 Å². The first-order chi connectivity index (χ1) is 12.7. The Bertz CT molecular complexity index is 879. The van der Waals surface area contributed by atoms with Crippen LogP contribution >= 0.6 is 0 Å². The Hall–Kier alpha value is -2.14. The summed E-state index contributed by atoms with van der Waals surface area (Å²) in [5, 5.41) is 18.4. The van der Waals surface area contributed by atoms with E-state index in [4.69, 9.17) is 0 Å². The molecule has 136 valence electrons. The highest BCUT2D eigenvalue weighted by Gasteiger charge is 2.30. The largest absolute Gasteiger partial charge is 0.387 e. The van der Waals surface area contributed by atoms with Crippen LogP contribution in [0.1, 0.15) is 17.7 Å². The molecule has 0 bridgehead atoms. The van der Waals surface area contributed by atoms with Crippen LogP contribution in [-0.4, -0.2) is 41.5 Å². The molecule has 1 atom stereocenters. The van der Waals surface area contributed by atoms with Crippen molar-refractivity contribution in [2.75, 3.05) is 26.2 Å². The maximum Gasteiger partial charge on any atom is 0.0907 e. The quantitative estimate of drug-likeness (QED) is 0.600. The molecule has 0 amide bonds. The molecule has 0 radical (unpaired) electrons. The molecule has 1 aromatic heterocycles. The first-order valence-electron chi connectivity index (χ1n) is 9.46. The summed E-state index contributed by atoms with van der Waals surface area (Å²) in [6.07, 6.45) is 1.78. The molecule has 3 N–H and O–H groups in total. The fraction of sp³-hybridized carbons (Fsp3) is 0.364. The van der Waals surface area contributed by atoms with E-state index in [1.165, 1.54) is 27.8 Å². The lowest BCUT2D eigenvalue weighted by atomic mass is 10.0. The van der Waals surface area contributed by atoms with Crippen molar-refractivity contribution in [2.24, 2.45) is 0 Å². The Morgan fingerprint density at radius 3 is 2.65 bits per heavy atom. The number of nitrogens with one attached hydrogen (secondary N) is 2. The molecule has 3 aromatic rings. The van der Waals surface area contributed by atoms with Gasteiger partial charge in [0.25, 0.3) is 0 Å². The second-order valence-corrected chi connectivity index (χ2v) is 7.33. The maximum atomic E-state index is 10.4. The lowest BCUT2D eigenvalue weighted by Crippen LogP contribution is -2.42. The van der Waals surface area contributed by atoms with Gasteiger partial charge >= 0.3 is 0 Å². The molecule has 1 fully saturated rings. The number of nitrogens with zero attached hydrogens (tertiary/aromatic N) is 1. The topological polar surface area (TPSA) is 49.2 Å². The van der Waals surface area contributed by atoms with Crippen molar-refractivity contribution < 1.29 is 5.11 Å². The van der Waals surface area contributed by atoms with Gasteiger partial charge in [-0.15, -0.1) is 0 Å². The van der Waals surface area contributed by atoms with Gasteiger partial charge in [-0.05, 0) is 56.6 Å².